The molecule has 0 aliphatic heterocycles. The third-order valence-electron chi connectivity index (χ3n) is 4.09. The zero-order valence-electron chi connectivity index (χ0n) is 13.7. The lowest BCUT2D eigenvalue weighted by atomic mass is 10.1. The van der Waals surface area contributed by atoms with Gasteiger partial charge >= 0.3 is 0 Å². The minimum absolute atomic E-state index is 0.222. The molecule has 1 heterocycles. The molecule has 0 amide bonds. The van der Waals surface area contributed by atoms with Gasteiger partial charge in [0.2, 0.25) is 0 Å². The highest BCUT2D eigenvalue weighted by atomic mass is 19.1. The van der Waals surface area contributed by atoms with Crippen LogP contribution in [0.5, 0.6) is 5.75 Å². The van der Waals surface area contributed by atoms with Crippen molar-refractivity contribution in [2.45, 2.75) is 26.7 Å². The zero-order valence-corrected chi connectivity index (χ0v) is 13.7. The van der Waals surface area contributed by atoms with Gasteiger partial charge in [0.05, 0.1) is 12.6 Å². The monoisotopic (exact) mass is 315 g/mol. The first-order valence-corrected chi connectivity index (χ1v) is 7.57. The van der Waals surface area contributed by atoms with Crippen LogP contribution in [0.15, 0.2) is 36.4 Å². The van der Waals surface area contributed by atoms with E-state index in [9.17, 15) is 8.78 Å². The van der Waals surface area contributed by atoms with Crippen molar-refractivity contribution in [3.05, 3.63) is 59.3 Å². The molecule has 3 rings (SSSR count). The van der Waals surface area contributed by atoms with Crippen LogP contribution in [0.3, 0.4) is 0 Å². The van der Waals surface area contributed by atoms with Gasteiger partial charge in [-0.15, -0.1) is 0 Å². The second-order valence-electron chi connectivity index (χ2n) is 6.04. The predicted molar refractivity (Wildman–Crippen MR) is 88.6 cm³/mol. The highest BCUT2D eigenvalue weighted by Gasteiger charge is 2.16. The Bertz CT molecular complexity index is 881. The van der Waals surface area contributed by atoms with Crippen molar-refractivity contribution in [2.24, 2.45) is 0 Å². The first kappa shape index (κ1) is 15.5. The van der Waals surface area contributed by atoms with Crippen molar-refractivity contribution in [2.75, 3.05) is 7.11 Å². The first-order valence-electron chi connectivity index (χ1n) is 7.57. The van der Waals surface area contributed by atoms with Crippen molar-refractivity contribution in [1.29, 1.82) is 0 Å². The van der Waals surface area contributed by atoms with Crippen LogP contribution in [-0.4, -0.2) is 11.7 Å². The highest BCUT2D eigenvalue weighted by molar-refractivity contribution is 5.85. The second kappa shape index (κ2) is 5.69. The van der Waals surface area contributed by atoms with E-state index in [-0.39, 0.29) is 17.5 Å². The number of hydrogen-bond acceptors (Lipinski definition) is 1. The maximum atomic E-state index is 14.2. The molecular formula is C19H19F2NO. The SMILES string of the molecule is COc1cc2cc(C(C)C)n(-c3ccc(F)c(C)c3)c2cc1F. The Labute approximate surface area is 134 Å². The number of methoxy groups -OCH3 is 1. The van der Waals surface area contributed by atoms with E-state index in [0.29, 0.717) is 5.56 Å². The number of ether oxygens (including phenoxy) is 1. The molecule has 0 fully saturated rings. The van der Waals surface area contributed by atoms with E-state index < -0.39 is 5.82 Å². The van der Waals surface area contributed by atoms with Crippen LogP contribution in [0.25, 0.3) is 16.6 Å². The van der Waals surface area contributed by atoms with E-state index in [0.717, 1.165) is 22.3 Å². The van der Waals surface area contributed by atoms with Gasteiger partial charge in [-0.1, -0.05) is 13.8 Å². The fourth-order valence-electron chi connectivity index (χ4n) is 2.87. The Morgan fingerprint density at radius 1 is 1.00 bits per heavy atom. The number of fused-ring (bicyclic) bond motifs is 1. The number of benzene rings is 2. The number of aromatic nitrogens is 1. The molecule has 2 nitrogen and oxygen atoms in total. The summed E-state index contributed by atoms with van der Waals surface area (Å²) >= 11 is 0. The number of aryl methyl sites for hydroxylation is 1. The van der Waals surface area contributed by atoms with Crippen molar-refractivity contribution in [3.8, 4) is 11.4 Å². The van der Waals surface area contributed by atoms with Crippen molar-refractivity contribution >= 4 is 10.9 Å². The predicted octanol–water partition coefficient (Wildman–Crippen LogP) is 5.35. The lowest BCUT2D eigenvalue weighted by Gasteiger charge is -2.14. The lowest BCUT2D eigenvalue weighted by Crippen LogP contribution is -2.02. The van der Waals surface area contributed by atoms with E-state index in [1.807, 2.05) is 10.6 Å². The third-order valence-corrected chi connectivity index (χ3v) is 4.09. The first-order chi connectivity index (χ1) is 10.9. The molecule has 1 aromatic heterocycles. The zero-order chi connectivity index (χ0) is 16.7. The van der Waals surface area contributed by atoms with Gasteiger partial charge in [-0.25, -0.2) is 8.78 Å². The molecule has 4 heteroatoms. The lowest BCUT2D eigenvalue weighted by molar-refractivity contribution is 0.387. The van der Waals surface area contributed by atoms with Crippen LogP contribution in [0, 0.1) is 18.6 Å². The molecular weight excluding hydrogens is 296 g/mol. The smallest absolute Gasteiger partial charge is 0.167 e. The Morgan fingerprint density at radius 3 is 2.35 bits per heavy atom. The Balaban J connectivity index is 2.34. The third kappa shape index (κ3) is 2.58. The van der Waals surface area contributed by atoms with Gasteiger partial charge in [-0.3, -0.25) is 0 Å². The van der Waals surface area contributed by atoms with Crippen molar-refractivity contribution < 1.29 is 13.5 Å². The summed E-state index contributed by atoms with van der Waals surface area (Å²) in [7, 11) is 1.45. The second-order valence-corrected chi connectivity index (χ2v) is 6.04. The summed E-state index contributed by atoms with van der Waals surface area (Å²) in [6, 6.07) is 10.1. The van der Waals surface area contributed by atoms with Crippen LogP contribution in [-0.2, 0) is 0 Å². The van der Waals surface area contributed by atoms with E-state index in [2.05, 4.69) is 13.8 Å². The highest BCUT2D eigenvalue weighted by Crippen LogP contribution is 2.33. The van der Waals surface area contributed by atoms with Gasteiger partial charge in [0, 0.05) is 22.8 Å². The molecule has 0 N–H and O–H groups in total. The molecule has 0 bridgehead atoms. The van der Waals surface area contributed by atoms with Gasteiger partial charge in [-0.05, 0) is 48.7 Å². The number of rotatable bonds is 3. The summed E-state index contributed by atoms with van der Waals surface area (Å²) < 4.78 is 34.8. The number of nitrogens with zero attached hydrogens (tertiary/aromatic N) is 1. The van der Waals surface area contributed by atoms with Gasteiger partial charge < -0.3 is 9.30 Å². The van der Waals surface area contributed by atoms with E-state index in [1.165, 1.54) is 19.2 Å². The van der Waals surface area contributed by atoms with Gasteiger partial charge in [-0.2, -0.15) is 0 Å². The van der Waals surface area contributed by atoms with Crippen LogP contribution >= 0.6 is 0 Å². The molecule has 0 unspecified atom stereocenters. The van der Waals surface area contributed by atoms with Gasteiger partial charge in [0.15, 0.2) is 11.6 Å². The van der Waals surface area contributed by atoms with E-state index >= 15 is 0 Å². The van der Waals surface area contributed by atoms with Crippen LogP contribution in [0.1, 0.15) is 31.0 Å². The fourth-order valence-corrected chi connectivity index (χ4v) is 2.87. The quantitative estimate of drug-likeness (QED) is 0.635. The molecule has 0 aliphatic carbocycles. The molecule has 0 spiro atoms. The molecule has 3 aromatic rings. The van der Waals surface area contributed by atoms with E-state index in [4.69, 9.17) is 4.74 Å². The summed E-state index contributed by atoms with van der Waals surface area (Å²) in [6.45, 7) is 5.88. The largest absolute Gasteiger partial charge is 0.494 e. The molecule has 0 radical (unpaired) electrons. The molecule has 0 atom stereocenters. The van der Waals surface area contributed by atoms with Gasteiger partial charge in [0.1, 0.15) is 5.82 Å². The average Bonchev–Trinajstić information content (AvgIpc) is 2.87. The Morgan fingerprint density at radius 2 is 1.74 bits per heavy atom. The fraction of sp³-hybridized carbons (Fsp3) is 0.263. The van der Waals surface area contributed by atoms with Crippen LogP contribution < -0.4 is 4.74 Å². The number of hydrogen-bond donors (Lipinski definition) is 0. The Hall–Kier alpha value is -2.36. The molecule has 2 aromatic carbocycles. The standard InChI is InChI=1S/C19H19F2NO/c1-11(2)17-8-13-9-19(23-4)16(21)10-18(13)22(17)14-5-6-15(20)12(3)7-14/h5-11H,1-4H3. The topological polar surface area (TPSA) is 14.2 Å². The van der Waals surface area contributed by atoms with Crippen LogP contribution in [0.2, 0.25) is 0 Å². The molecule has 0 aliphatic rings. The van der Waals surface area contributed by atoms with Crippen LogP contribution in [0.4, 0.5) is 8.78 Å². The van der Waals surface area contributed by atoms with E-state index in [1.54, 1.807) is 25.1 Å². The Kier molecular flexibility index (Phi) is 3.84. The van der Waals surface area contributed by atoms with Crippen molar-refractivity contribution in [1.82, 2.24) is 4.57 Å². The molecule has 0 saturated carbocycles. The summed E-state index contributed by atoms with van der Waals surface area (Å²) in [4.78, 5) is 0. The molecule has 23 heavy (non-hydrogen) atoms. The number of halogens is 2. The maximum absolute atomic E-state index is 14.2. The average molecular weight is 315 g/mol. The van der Waals surface area contributed by atoms with Gasteiger partial charge in [0.25, 0.3) is 0 Å². The minimum atomic E-state index is -0.409. The summed E-state index contributed by atoms with van der Waals surface area (Å²) in [5, 5.41) is 0.897. The minimum Gasteiger partial charge on any atom is -0.494 e. The normalized spacial score (nSPS) is 11.4. The van der Waals surface area contributed by atoms with Crippen molar-refractivity contribution in [3.63, 3.8) is 0 Å². The summed E-state index contributed by atoms with van der Waals surface area (Å²) in [5.41, 5.74) is 3.18. The molecule has 120 valence electrons. The maximum Gasteiger partial charge on any atom is 0.167 e. The summed E-state index contributed by atoms with van der Waals surface area (Å²) in [5.74, 6) is -0.195. The molecule has 0 saturated heterocycles. The summed E-state index contributed by atoms with van der Waals surface area (Å²) in [6.07, 6.45) is 0.